The number of aryl methyl sites for hydroxylation is 1. The van der Waals surface area contributed by atoms with Crippen molar-refractivity contribution < 1.29 is 4.79 Å². The molecule has 0 aromatic heterocycles. The third-order valence-corrected chi connectivity index (χ3v) is 3.20. The molecule has 0 radical (unpaired) electrons. The Morgan fingerprint density at radius 1 is 1.30 bits per heavy atom. The molecule has 0 bridgehead atoms. The third-order valence-electron chi connectivity index (χ3n) is 2.70. The highest BCUT2D eigenvalue weighted by Crippen LogP contribution is 2.20. The molecule has 5 nitrogen and oxygen atoms in total. The average Bonchev–Trinajstić information content (AvgIpc) is 2.42. The Morgan fingerprint density at radius 3 is 2.40 bits per heavy atom. The summed E-state index contributed by atoms with van der Waals surface area (Å²) in [5.41, 5.74) is 1.66. The number of nitriles is 2. The smallest absolute Gasteiger partial charge is 0.321 e. The molecule has 0 fully saturated rings. The van der Waals surface area contributed by atoms with Gasteiger partial charge in [0.15, 0.2) is 0 Å². The first-order chi connectivity index (χ1) is 9.58. The van der Waals surface area contributed by atoms with Crippen molar-refractivity contribution in [3.63, 3.8) is 0 Å². The van der Waals surface area contributed by atoms with Crippen LogP contribution in [0.3, 0.4) is 0 Å². The van der Waals surface area contributed by atoms with Gasteiger partial charge in [0.1, 0.15) is 0 Å². The summed E-state index contributed by atoms with van der Waals surface area (Å²) in [6.45, 7) is 2.54. The zero-order chi connectivity index (χ0) is 15.0. The molecule has 6 heteroatoms. The normalized spacial score (nSPS) is 9.40. The number of amides is 2. The van der Waals surface area contributed by atoms with Gasteiger partial charge in [0.05, 0.1) is 25.0 Å². The molecular formula is C14H15BrN4O. The van der Waals surface area contributed by atoms with Crippen LogP contribution in [0.5, 0.6) is 0 Å². The maximum Gasteiger partial charge on any atom is 0.321 e. The highest BCUT2D eigenvalue weighted by molar-refractivity contribution is 9.10. The Hall–Kier alpha value is -2.05. The van der Waals surface area contributed by atoms with Gasteiger partial charge >= 0.3 is 6.03 Å². The van der Waals surface area contributed by atoms with E-state index in [9.17, 15) is 4.79 Å². The maximum atomic E-state index is 12.1. The fraction of sp³-hybridized carbons (Fsp3) is 0.357. The van der Waals surface area contributed by atoms with Gasteiger partial charge < -0.3 is 10.2 Å². The van der Waals surface area contributed by atoms with Gasteiger partial charge in [-0.15, -0.1) is 0 Å². The minimum atomic E-state index is -0.291. The molecule has 0 aliphatic carbocycles. The van der Waals surface area contributed by atoms with Crippen molar-refractivity contribution in [3.8, 4) is 12.1 Å². The number of urea groups is 1. The van der Waals surface area contributed by atoms with E-state index < -0.39 is 0 Å². The lowest BCUT2D eigenvalue weighted by Crippen LogP contribution is -2.36. The molecule has 0 spiro atoms. The van der Waals surface area contributed by atoms with Crippen LogP contribution in [0.2, 0.25) is 0 Å². The summed E-state index contributed by atoms with van der Waals surface area (Å²) in [4.78, 5) is 13.6. The van der Waals surface area contributed by atoms with Gasteiger partial charge in [-0.3, -0.25) is 0 Å². The number of halogens is 1. The van der Waals surface area contributed by atoms with Crippen LogP contribution in [0, 0.1) is 29.6 Å². The van der Waals surface area contributed by atoms with E-state index >= 15 is 0 Å². The first-order valence-corrected chi connectivity index (χ1v) is 6.93. The number of nitrogens with zero attached hydrogens (tertiary/aromatic N) is 3. The average molecular weight is 335 g/mol. The van der Waals surface area contributed by atoms with Crippen LogP contribution in [0.15, 0.2) is 22.7 Å². The molecule has 1 rings (SSSR count). The fourth-order valence-electron chi connectivity index (χ4n) is 1.65. The van der Waals surface area contributed by atoms with Crippen LogP contribution in [0.4, 0.5) is 10.5 Å². The summed E-state index contributed by atoms with van der Waals surface area (Å²) >= 11 is 3.36. The predicted molar refractivity (Wildman–Crippen MR) is 79.9 cm³/mol. The van der Waals surface area contributed by atoms with Crippen LogP contribution in [-0.4, -0.2) is 24.0 Å². The van der Waals surface area contributed by atoms with Crippen LogP contribution in [0.25, 0.3) is 0 Å². The molecule has 1 aromatic carbocycles. The summed E-state index contributed by atoms with van der Waals surface area (Å²) in [5, 5.41) is 20.0. The minimum Gasteiger partial charge on any atom is -0.322 e. The largest absolute Gasteiger partial charge is 0.322 e. The SMILES string of the molecule is Cc1cc(Br)ccc1NC(=O)N(CCC#N)CCC#N. The number of hydrogen-bond donors (Lipinski definition) is 1. The molecule has 0 unspecified atom stereocenters. The summed E-state index contributed by atoms with van der Waals surface area (Å²) in [6.07, 6.45) is 0.496. The van der Waals surface area contributed by atoms with Crippen molar-refractivity contribution in [1.82, 2.24) is 4.90 Å². The molecule has 2 amide bonds. The minimum absolute atomic E-state index is 0.248. The van der Waals surface area contributed by atoms with E-state index in [1.807, 2.05) is 37.3 Å². The molecule has 0 saturated carbocycles. The second-order valence-electron chi connectivity index (χ2n) is 4.19. The van der Waals surface area contributed by atoms with Gasteiger partial charge in [0, 0.05) is 23.2 Å². The quantitative estimate of drug-likeness (QED) is 0.895. The summed E-state index contributed by atoms with van der Waals surface area (Å²) in [7, 11) is 0. The number of anilines is 1. The molecule has 1 N–H and O–H groups in total. The van der Waals surface area contributed by atoms with Crippen molar-refractivity contribution >= 4 is 27.6 Å². The Balaban J connectivity index is 2.74. The zero-order valence-corrected chi connectivity index (χ0v) is 12.8. The predicted octanol–water partition coefficient (Wildman–Crippen LogP) is 3.42. The Labute approximate surface area is 126 Å². The van der Waals surface area contributed by atoms with Crippen molar-refractivity contribution in [2.75, 3.05) is 18.4 Å². The Kier molecular flexibility index (Phi) is 6.55. The molecular weight excluding hydrogens is 320 g/mol. The Morgan fingerprint density at radius 2 is 1.90 bits per heavy atom. The summed E-state index contributed by atoms with van der Waals surface area (Å²) < 4.78 is 0.943. The lowest BCUT2D eigenvalue weighted by molar-refractivity contribution is 0.214. The number of hydrogen-bond acceptors (Lipinski definition) is 3. The first kappa shape index (κ1) is 16.0. The van der Waals surface area contributed by atoms with E-state index in [4.69, 9.17) is 10.5 Å². The number of rotatable bonds is 5. The van der Waals surface area contributed by atoms with E-state index in [1.54, 1.807) is 0 Å². The fourth-order valence-corrected chi connectivity index (χ4v) is 2.12. The molecule has 0 heterocycles. The molecule has 20 heavy (non-hydrogen) atoms. The van der Waals surface area contributed by atoms with Crippen molar-refractivity contribution in [1.29, 1.82) is 10.5 Å². The van der Waals surface area contributed by atoms with E-state index in [0.717, 1.165) is 15.7 Å². The van der Waals surface area contributed by atoms with Gasteiger partial charge in [0.25, 0.3) is 0 Å². The van der Waals surface area contributed by atoms with E-state index in [2.05, 4.69) is 21.2 Å². The molecule has 0 saturated heterocycles. The molecule has 0 atom stereocenters. The van der Waals surface area contributed by atoms with E-state index in [-0.39, 0.29) is 18.9 Å². The first-order valence-electron chi connectivity index (χ1n) is 6.14. The van der Waals surface area contributed by atoms with Crippen molar-refractivity contribution in [3.05, 3.63) is 28.2 Å². The number of benzene rings is 1. The van der Waals surface area contributed by atoms with Crippen LogP contribution in [0.1, 0.15) is 18.4 Å². The second kappa shape index (κ2) is 8.19. The van der Waals surface area contributed by atoms with E-state index in [0.29, 0.717) is 13.1 Å². The van der Waals surface area contributed by atoms with Crippen LogP contribution < -0.4 is 5.32 Å². The number of carbonyl (C=O) groups excluding carboxylic acids is 1. The monoisotopic (exact) mass is 334 g/mol. The van der Waals surface area contributed by atoms with Crippen molar-refractivity contribution in [2.24, 2.45) is 0 Å². The van der Waals surface area contributed by atoms with Crippen LogP contribution >= 0.6 is 15.9 Å². The summed E-state index contributed by atoms with van der Waals surface area (Å²) in [6, 6.07) is 9.27. The second-order valence-corrected chi connectivity index (χ2v) is 5.11. The Bertz CT molecular complexity index is 541. The van der Waals surface area contributed by atoms with Gasteiger partial charge in [-0.05, 0) is 30.7 Å². The van der Waals surface area contributed by atoms with E-state index in [1.165, 1.54) is 4.90 Å². The standard InChI is InChI=1S/C14H15BrN4O/c1-11-10-12(15)4-5-13(11)18-14(20)19(8-2-6-16)9-3-7-17/h4-5,10H,2-3,8-9H2,1H3,(H,18,20). The van der Waals surface area contributed by atoms with Crippen LogP contribution in [-0.2, 0) is 0 Å². The molecule has 0 aliphatic heterocycles. The molecule has 104 valence electrons. The van der Waals surface area contributed by atoms with Gasteiger partial charge in [-0.25, -0.2) is 4.79 Å². The highest BCUT2D eigenvalue weighted by Gasteiger charge is 2.13. The summed E-state index contributed by atoms with van der Waals surface area (Å²) in [5.74, 6) is 0. The van der Waals surface area contributed by atoms with Gasteiger partial charge in [-0.2, -0.15) is 10.5 Å². The highest BCUT2D eigenvalue weighted by atomic mass is 79.9. The topological polar surface area (TPSA) is 79.9 Å². The lowest BCUT2D eigenvalue weighted by atomic mass is 10.2. The molecule has 0 aliphatic rings. The van der Waals surface area contributed by atoms with Gasteiger partial charge in [-0.1, -0.05) is 15.9 Å². The lowest BCUT2D eigenvalue weighted by Gasteiger charge is -2.21. The third kappa shape index (κ3) is 4.91. The van der Waals surface area contributed by atoms with Crippen molar-refractivity contribution in [2.45, 2.75) is 19.8 Å². The zero-order valence-electron chi connectivity index (χ0n) is 11.2. The molecule has 1 aromatic rings. The number of carbonyl (C=O) groups is 1. The van der Waals surface area contributed by atoms with Gasteiger partial charge in [0.2, 0.25) is 0 Å². The maximum absolute atomic E-state index is 12.1. The number of nitrogens with one attached hydrogen (secondary N) is 1.